The van der Waals surface area contributed by atoms with Crippen molar-refractivity contribution in [3.63, 3.8) is 0 Å². The normalized spacial score (nSPS) is 24.1. The van der Waals surface area contributed by atoms with Crippen LogP contribution in [-0.4, -0.2) is 69.6 Å². The van der Waals surface area contributed by atoms with Crippen LogP contribution >= 0.6 is 11.6 Å². The number of benzene rings is 1. The zero-order valence-electron chi connectivity index (χ0n) is 22.4. The number of carboxylic acids is 1. The second-order valence-corrected chi connectivity index (χ2v) is 12.1. The Bertz CT molecular complexity index is 1110. The first-order chi connectivity index (χ1) is 18.4. The molecule has 3 unspecified atom stereocenters. The molecule has 5 rings (SSSR count). The molecule has 0 radical (unpaired) electrons. The lowest BCUT2D eigenvalue weighted by atomic mass is 9.87. The van der Waals surface area contributed by atoms with E-state index in [0.29, 0.717) is 29.5 Å². The molecule has 2 aliphatic heterocycles. The average Bonchev–Trinajstić information content (AvgIpc) is 3.63. The van der Waals surface area contributed by atoms with Gasteiger partial charge in [-0.2, -0.15) is 0 Å². The lowest BCUT2D eigenvalue weighted by Gasteiger charge is -2.35. The van der Waals surface area contributed by atoms with Gasteiger partial charge in [0.2, 0.25) is 0 Å². The van der Waals surface area contributed by atoms with Crippen LogP contribution in [0.5, 0.6) is 0 Å². The van der Waals surface area contributed by atoms with Crippen LogP contribution < -0.4 is 0 Å². The van der Waals surface area contributed by atoms with Crippen molar-refractivity contribution in [3.05, 3.63) is 58.4 Å². The first-order valence-electron chi connectivity index (χ1n) is 14.3. The first-order valence-corrected chi connectivity index (χ1v) is 14.7. The Labute approximate surface area is 230 Å². The third-order valence-corrected chi connectivity index (χ3v) is 9.28. The lowest BCUT2D eigenvalue weighted by molar-refractivity contribution is -0.143. The number of likely N-dealkylation sites (tertiary alicyclic amines) is 2. The minimum absolute atomic E-state index is 0.159. The molecule has 1 aromatic carbocycles. The molecule has 8 heteroatoms. The zero-order valence-corrected chi connectivity index (χ0v) is 23.1. The van der Waals surface area contributed by atoms with Gasteiger partial charge in [-0.25, -0.2) is 9.37 Å². The van der Waals surface area contributed by atoms with Gasteiger partial charge in [0, 0.05) is 31.7 Å². The highest BCUT2D eigenvalue weighted by Gasteiger charge is 2.42. The quantitative estimate of drug-likeness (QED) is 0.400. The van der Waals surface area contributed by atoms with Crippen LogP contribution in [0.3, 0.4) is 0 Å². The summed E-state index contributed by atoms with van der Waals surface area (Å²) >= 11 is 6.12. The summed E-state index contributed by atoms with van der Waals surface area (Å²) in [6, 6.07) is 6.50. The highest BCUT2D eigenvalue weighted by Crippen LogP contribution is 2.39. The summed E-state index contributed by atoms with van der Waals surface area (Å²) in [7, 11) is 0. The standard InChI is InChI=1S/C30H40ClFN4O2/c1-20-29(31)34-26(16-33-20)7-2-4-21-10-12-35(13-11-21)17-24-18-36(28(30(37)38)14-22-8-9-22)19-27(24)23-5-3-6-25(32)15-23/h3,5-6,15-16,21-22,24,27-28H,2,4,7-14,17-19H2,1H3,(H,37,38). The SMILES string of the molecule is Cc1ncc(CCCC2CCN(CC3CN(C(CC4CC4)C(=O)O)CC3c3cccc(F)c3)CC2)nc1Cl. The third-order valence-electron chi connectivity index (χ3n) is 8.92. The summed E-state index contributed by atoms with van der Waals surface area (Å²) in [5.74, 6) is 0.805. The molecule has 206 valence electrons. The number of piperidine rings is 1. The van der Waals surface area contributed by atoms with Crippen LogP contribution in [0, 0.1) is 30.5 Å². The van der Waals surface area contributed by atoms with E-state index in [9.17, 15) is 14.3 Å². The number of carboxylic acid groups (broad SMARTS) is 1. The summed E-state index contributed by atoms with van der Waals surface area (Å²) in [6.45, 7) is 6.41. The Morgan fingerprint density at radius 1 is 1.18 bits per heavy atom. The van der Waals surface area contributed by atoms with Crippen LogP contribution in [0.15, 0.2) is 30.5 Å². The maximum Gasteiger partial charge on any atom is 0.320 e. The Morgan fingerprint density at radius 3 is 2.66 bits per heavy atom. The molecule has 1 aliphatic carbocycles. The summed E-state index contributed by atoms with van der Waals surface area (Å²) in [5, 5.41) is 10.5. The number of nitrogens with zero attached hydrogens (tertiary/aromatic N) is 4. The summed E-state index contributed by atoms with van der Waals surface area (Å²) in [4.78, 5) is 25.7. The number of aryl methyl sites for hydroxylation is 2. The fourth-order valence-corrected chi connectivity index (χ4v) is 6.63. The fraction of sp³-hybridized carbons (Fsp3) is 0.633. The van der Waals surface area contributed by atoms with Crippen LogP contribution in [0.1, 0.15) is 67.8 Å². The molecule has 6 nitrogen and oxygen atoms in total. The summed E-state index contributed by atoms with van der Waals surface area (Å²) in [5.41, 5.74) is 2.74. The van der Waals surface area contributed by atoms with Gasteiger partial charge in [0.05, 0.1) is 11.4 Å². The Hall–Kier alpha value is -2.09. The predicted octanol–water partition coefficient (Wildman–Crippen LogP) is 5.58. The van der Waals surface area contributed by atoms with Gasteiger partial charge in [-0.05, 0) is 94.0 Å². The van der Waals surface area contributed by atoms with Crippen molar-refractivity contribution in [2.75, 3.05) is 32.7 Å². The van der Waals surface area contributed by atoms with E-state index >= 15 is 0 Å². The molecule has 0 amide bonds. The zero-order chi connectivity index (χ0) is 26.6. The van der Waals surface area contributed by atoms with Gasteiger partial charge in [0.25, 0.3) is 0 Å². The van der Waals surface area contributed by atoms with Crippen molar-refractivity contribution in [2.24, 2.45) is 17.8 Å². The van der Waals surface area contributed by atoms with E-state index in [1.165, 1.54) is 25.3 Å². The minimum Gasteiger partial charge on any atom is -0.480 e. The smallest absolute Gasteiger partial charge is 0.320 e. The molecule has 1 N–H and O–H groups in total. The van der Waals surface area contributed by atoms with Crippen molar-refractivity contribution in [3.8, 4) is 0 Å². The van der Waals surface area contributed by atoms with Gasteiger partial charge >= 0.3 is 5.97 Å². The maximum atomic E-state index is 14.1. The summed E-state index contributed by atoms with van der Waals surface area (Å²) < 4.78 is 14.1. The van der Waals surface area contributed by atoms with E-state index in [2.05, 4.69) is 19.8 Å². The number of rotatable bonds is 11. The highest BCUT2D eigenvalue weighted by atomic mass is 35.5. The number of halogens is 2. The van der Waals surface area contributed by atoms with Crippen molar-refractivity contribution in [2.45, 2.75) is 70.3 Å². The van der Waals surface area contributed by atoms with Crippen LogP contribution in [0.25, 0.3) is 0 Å². The van der Waals surface area contributed by atoms with Crippen LogP contribution in [0.4, 0.5) is 4.39 Å². The molecular formula is C30H40ClFN4O2. The first kappa shape index (κ1) is 27.5. The van der Waals surface area contributed by atoms with Gasteiger partial charge in [0.1, 0.15) is 11.9 Å². The van der Waals surface area contributed by atoms with E-state index in [0.717, 1.165) is 75.2 Å². The topological polar surface area (TPSA) is 69.6 Å². The maximum absolute atomic E-state index is 14.1. The molecule has 38 heavy (non-hydrogen) atoms. The number of aliphatic carboxylic acids is 1. The Kier molecular flexibility index (Phi) is 8.96. The molecule has 3 aliphatic rings. The molecule has 1 saturated carbocycles. The van der Waals surface area contributed by atoms with E-state index in [1.54, 1.807) is 12.1 Å². The Morgan fingerprint density at radius 2 is 1.97 bits per heavy atom. The largest absolute Gasteiger partial charge is 0.480 e. The van der Waals surface area contributed by atoms with E-state index in [-0.39, 0.29) is 11.7 Å². The molecule has 3 atom stereocenters. The monoisotopic (exact) mass is 542 g/mol. The second-order valence-electron chi connectivity index (χ2n) is 11.8. The molecular weight excluding hydrogens is 503 g/mol. The van der Waals surface area contributed by atoms with Crippen molar-refractivity contribution < 1.29 is 14.3 Å². The number of aromatic nitrogens is 2. The molecule has 2 aromatic rings. The van der Waals surface area contributed by atoms with Crippen molar-refractivity contribution >= 4 is 17.6 Å². The highest BCUT2D eigenvalue weighted by molar-refractivity contribution is 6.29. The van der Waals surface area contributed by atoms with Crippen LogP contribution in [-0.2, 0) is 11.2 Å². The van der Waals surface area contributed by atoms with Gasteiger partial charge < -0.3 is 10.0 Å². The van der Waals surface area contributed by atoms with E-state index in [4.69, 9.17) is 11.6 Å². The molecule has 3 heterocycles. The molecule has 0 spiro atoms. The van der Waals surface area contributed by atoms with E-state index in [1.807, 2.05) is 19.2 Å². The van der Waals surface area contributed by atoms with Gasteiger partial charge in [-0.3, -0.25) is 14.7 Å². The van der Waals surface area contributed by atoms with Gasteiger partial charge in [-0.15, -0.1) is 0 Å². The molecule has 0 bridgehead atoms. The lowest BCUT2D eigenvalue weighted by Crippen LogP contribution is -2.41. The van der Waals surface area contributed by atoms with Crippen LogP contribution in [0.2, 0.25) is 5.15 Å². The minimum atomic E-state index is -0.713. The van der Waals surface area contributed by atoms with Gasteiger partial charge in [0.15, 0.2) is 5.15 Å². The van der Waals surface area contributed by atoms with E-state index < -0.39 is 12.0 Å². The summed E-state index contributed by atoms with van der Waals surface area (Å²) in [6.07, 6.45) is 10.4. The molecule has 1 aromatic heterocycles. The van der Waals surface area contributed by atoms with Gasteiger partial charge in [-0.1, -0.05) is 36.6 Å². The third kappa shape index (κ3) is 7.10. The second kappa shape index (κ2) is 12.4. The molecule has 2 saturated heterocycles. The average molecular weight is 543 g/mol. The fourth-order valence-electron chi connectivity index (χ4n) is 6.48. The number of hydrogen-bond donors (Lipinski definition) is 1. The van der Waals surface area contributed by atoms with Crippen molar-refractivity contribution in [1.82, 2.24) is 19.8 Å². The number of carbonyl (C=O) groups is 1. The molecule has 3 fully saturated rings. The number of hydrogen-bond acceptors (Lipinski definition) is 5. The van der Waals surface area contributed by atoms with Crippen molar-refractivity contribution in [1.29, 1.82) is 0 Å². The Balaban J connectivity index is 1.15. The predicted molar refractivity (Wildman–Crippen MR) is 147 cm³/mol.